The molecule has 0 radical (unpaired) electrons. The topological polar surface area (TPSA) is 41.9 Å². The Balaban J connectivity index is 1.77. The fraction of sp³-hybridized carbons (Fsp3) is 0.222. The van der Waals surface area contributed by atoms with Crippen LogP contribution in [-0.2, 0) is 16.2 Å². The van der Waals surface area contributed by atoms with Gasteiger partial charge in [-0.2, -0.15) is 5.06 Å². The van der Waals surface area contributed by atoms with Crippen molar-refractivity contribution in [1.82, 2.24) is 5.06 Å². The van der Waals surface area contributed by atoms with Crippen LogP contribution in [0, 0.1) is 6.92 Å². The molecule has 23 heavy (non-hydrogen) atoms. The highest BCUT2D eigenvalue weighted by molar-refractivity contribution is 8.15. The average molecular weight is 326 g/mol. The Bertz CT molecular complexity index is 714. The van der Waals surface area contributed by atoms with E-state index < -0.39 is 0 Å². The second-order valence-electron chi connectivity index (χ2n) is 5.38. The van der Waals surface area contributed by atoms with Crippen LogP contribution in [0.1, 0.15) is 18.1 Å². The number of hydroxylamine groups is 2. The Kier molecular flexibility index (Phi) is 4.79. The van der Waals surface area contributed by atoms with E-state index in [1.54, 1.807) is 0 Å². The first-order valence-electron chi connectivity index (χ1n) is 7.46. The highest BCUT2D eigenvalue weighted by Crippen LogP contribution is 2.30. The summed E-state index contributed by atoms with van der Waals surface area (Å²) in [5.41, 5.74) is 3.00. The number of nitrogens with zero attached hydrogens (tertiary/aromatic N) is 2. The molecular formula is C18H18N2O2S. The first-order valence-corrected chi connectivity index (χ1v) is 8.34. The molecule has 0 aliphatic carbocycles. The van der Waals surface area contributed by atoms with E-state index in [-0.39, 0.29) is 11.2 Å². The van der Waals surface area contributed by atoms with Crippen molar-refractivity contribution in [1.29, 1.82) is 0 Å². The van der Waals surface area contributed by atoms with Crippen LogP contribution in [0.5, 0.6) is 0 Å². The number of benzene rings is 2. The van der Waals surface area contributed by atoms with Crippen molar-refractivity contribution in [2.45, 2.75) is 25.7 Å². The van der Waals surface area contributed by atoms with Crippen LogP contribution >= 0.6 is 11.8 Å². The molecule has 0 N–H and O–H groups in total. The zero-order chi connectivity index (χ0) is 16.2. The van der Waals surface area contributed by atoms with Gasteiger partial charge in [0, 0.05) is 0 Å². The van der Waals surface area contributed by atoms with Crippen LogP contribution in [-0.4, -0.2) is 21.4 Å². The Morgan fingerprint density at radius 1 is 1.13 bits per heavy atom. The highest BCUT2D eigenvalue weighted by Gasteiger charge is 2.36. The third kappa shape index (κ3) is 3.81. The van der Waals surface area contributed by atoms with Crippen LogP contribution in [0.4, 0.5) is 5.69 Å². The zero-order valence-electron chi connectivity index (χ0n) is 13.1. The van der Waals surface area contributed by atoms with Crippen LogP contribution in [0.2, 0.25) is 0 Å². The number of aryl methyl sites for hydroxylation is 1. The normalized spacial score (nSPS) is 19.6. The number of carbonyl (C=O) groups excluding carboxylic acids is 1. The van der Waals surface area contributed by atoms with Crippen LogP contribution in [0.3, 0.4) is 0 Å². The lowest BCUT2D eigenvalue weighted by Crippen LogP contribution is -2.31. The predicted molar refractivity (Wildman–Crippen MR) is 93.4 cm³/mol. The van der Waals surface area contributed by atoms with E-state index in [9.17, 15) is 4.79 Å². The smallest absolute Gasteiger partial charge is 0.266 e. The first kappa shape index (κ1) is 15.8. The summed E-state index contributed by atoms with van der Waals surface area (Å²) in [5.74, 6) is -0.0724. The lowest BCUT2D eigenvalue weighted by molar-refractivity contribution is -0.163. The molecule has 1 saturated heterocycles. The molecule has 0 spiro atoms. The third-order valence-electron chi connectivity index (χ3n) is 3.47. The minimum Gasteiger partial charge on any atom is -0.271 e. The van der Waals surface area contributed by atoms with Crippen molar-refractivity contribution >= 4 is 28.5 Å². The van der Waals surface area contributed by atoms with Crippen molar-refractivity contribution in [3.05, 3.63) is 65.7 Å². The molecule has 1 unspecified atom stereocenters. The summed E-state index contributed by atoms with van der Waals surface area (Å²) in [4.78, 5) is 22.5. The lowest BCUT2D eigenvalue weighted by atomic mass is 10.2. The van der Waals surface area contributed by atoms with Gasteiger partial charge in [0.25, 0.3) is 5.91 Å². The lowest BCUT2D eigenvalue weighted by Gasteiger charge is -2.15. The monoisotopic (exact) mass is 326 g/mol. The number of amides is 1. The fourth-order valence-corrected chi connectivity index (χ4v) is 3.06. The molecular weight excluding hydrogens is 308 g/mol. The molecule has 2 aromatic rings. The van der Waals surface area contributed by atoms with Crippen molar-refractivity contribution in [2.24, 2.45) is 4.99 Å². The molecule has 0 saturated carbocycles. The van der Waals surface area contributed by atoms with Crippen LogP contribution < -0.4 is 0 Å². The van der Waals surface area contributed by atoms with Gasteiger partial charge in [-0.05, 0) is 31.5 Å². The van der Waals surface area contributed by atoms with Gasteiger partial charge >= 0.3 is 0 Å². The Labute approximate surface area is 140 Å². The van der Waals surface area contributed by atoms with Crippen molar-refractivity contribution in [2.75, 3.05) is 0 Å². The van der Waals surface area contributed by atoms with E-state index >= 15 is 0 Å². The van der Waals surface area contributed by atoms with Gasteiger partial charge in [-0.1, -0.05) is 59.8 Å². The van der Waals surface area contributed by atoms with Crippen molar-refractivity contribution in [3.8, 4) is 0 Å². The number of carbonyl (C=O) groups is 1. The molecule has 1 aliphatic rings. The summed E-state index contributed by atoms with van der Waals surface area (Å²) in [6, 6.07) is 17.6. The molecule has 0 aromatic heterocycles. The minimum absolute atomic E-state index is 0.0724. The molecule has 1 aliphatic heterocycles. The summed E-state index contributed by atoms with van der Waals surface area (Å²) < 4.78 is 0. The second kappa shape index (κ2) is 6.98. The minimum atomic E-state index is -0.185. The first-order chi connectivity index (χ1) is 11.1. The number of aliphatic imine (C=N–C) groups is 1. The van der Waals surface area contributed by atoms with Gasteiger partial charge in [-0.25, -0.2) is 4.99 Å². The molecule has 1 heterocycles. The van der Waals surface area contributed by atoms with E-state index in [0.29, 0.717) is 11.8 Å². The molecule has 2 aromatic carbocycles. The van der Waals surface area contributed by atoms with Crippen molar-refractivity contribution in [3.63, 3.8) is 0 Å². The molecule has 1 atom stereocenters. The number of hydrogen-bond acceptors (Lipinski definition) is 4. The average Bonchev–Trinajstić information content (AvgIpc) is 2.83. The summed E-state index contributed by atoms with van der Waals surface area (Å²) >= 11 is 1.42. The highest BCUT2D eigenvalue weighted by atomic mass is 32.2. The number of thioether (sulfide) groups is 1. The van der Waals surface area contributed by atoms with Gasteiger partial charge in [-0.3, -0.25) is 9.63 Å². The fourth-order valence-electron chi connectivity index (χ4n) is 2.15. The van der Waals surface area contributed by atoms with Crippen molar-refractivity contribution < 1.29 is 9.63 Å². The van der Waals surface area contributed by atoms with Gasteiger partial charge in [0.05, 0.1) is 10.9 Å². The Hall–Kier alpha value is -2.11. The maximum atomic E-state index is 12.3. The largest absolute Gasteiger partial charge is 0.271 e. The van der Waals surface area contributed by atoms with Crippen LogP contribution in [0.25, 0.3) is 0 Å². The van der Waals surface area contributed by atoms with Gasteiger partial charge in [-0.15, -0.1) is 0 Å². The summed E-state index contributed by atoms with van der Waals surface area (Å²) in [7, 11) is 0. The van der Waals surface area contributed by atoms with Crippen LogP contribution in [0.15, 0.2) is 59.6 Å². The molecule has 4 nitrogen and oxygen atoms in total. The van der Waals surface area contributed by atoms with E-state index in [0.717, 1.165) is 11.3 Å². The summed E-state index contributed by atoms with van der Waals surface area (Å²) in [6.07, 6.45) is 0. The van der Waals surface area contributed by atoms with E-state index in [2.05, 4.69) is 4.99 Å². The number of rotatable bonds is 4. The summed E-state index contributed by atoms with van der Waals surface area (Å²) in [5, 5.41) is 1.72. The predicted octanol–water partition coefficient (Wildman–Crippen LogP) is 4.08. The molecule has 3 rings (SSSR count). The molecule has 1 amide bonds. The summed E-state index contributed by atoms with van der Waals surface area (Å²) in [6.45, 7) is 4.23. The third-order valence-corrected chi connectivity index (χ3v) is 4.49. The second-order valence-corrected chi connectivity index (χ2v) is 6.69. The molecule has 5 heteroatoms. The van der Waals surface area contributed by atoms with Gasteiger partial charge < -0.3 is 0 Å². The maximum Gasteiger partial charge on any atom is 0.266 e. The standard InChI is InChI=1S/C18H18N2O2S/c1-13-8-10-16(11-9-13)19-18-20(17(21)14(2)23-18)22-12-15-6-4-3-5-7-15/h3-11,14H,12H2,1-2H3. The molecule has 118 valence electrons. The molecule has 0 bridgehead atoms. The van der Waals surface area contributed by atoms with E-state index in [1.165, 1.54) is 22.4 Å². The molecule has 1 fully saturated rings. The van der Waals surface area contributed by atoms with E-state index in [4.69, 9.17) is 4.84 Å². The Morgan fingerprint density at radius 2 is 1.83 bits per heavy atom. The number of amidine groups is 1. The Morgan fingerprint density at radius 3 is 2.52 bits per heavy atom. The SMILES string of the molecule is Cc1ccc(N=C2SC(C)C(=O)N2OCc2ccccc2)cc1. The quantitative estimate of drug-likeness (QED) is 0.850. The number of hydrogen-bond donors (Lipinski definition) is 0. The van der Waals surface area contributed by atoms with Gasteiger partial charge in [0.1, 0.15) is 6.61 Å². The van der Waals surface area contributed by atoms with E-state index in [1.807, 2.05) is 68.4 Å². The van der Waals surface area contributed by atoms with Gasteiger partial charge in [0.2, 0.25) is 0 Å². The van der Waals surface area contributed by atoms with Gasteiger partial charge in [0.15, 0.2) is 5.17 Å². The zero-order valence-corrected chi connectivity index (χ0v) is 13.9. The maximum absolute atomic E-state index is 12.3.